The Labute approximate surface area is 576 Å². The van der Waals surface area contributed by atoms with Gasteiger partial charge in [0.25, 0.3) is 0 Å². The Morgan fingerprint density at radius 1 is 0.701 bits per heavy atom. The lowest BCUT2D eigenvalue weighted by molar-refractivity contribution is -0.145. The van der Waals surface area contributed by atoms with Crippen LogP contribution in [0.5, 0.6) is 0 Å². The smallest absolute Gasteiger partial charge is 0.247 e. The number of ether oxygens (including phenoxy) is 1. The van der Waals surface area contributed by atoms with E-state index in [-0.39, 0.29) is 103 Å². The van der Waals surface area contributed by atoms with Crippen molar-refractivity contribution in [3.63, 3.8) is 0 Å². The van der Waals surface area contributed by atoms with Gasteiger partial charge in [0.15, 0.2) is 0 Å². The van der Waals surface area contributed by atoms with Crippen LogP contribution in [-0.2, 0) is 65.5 Å². The number of rotatable bonds is 38. The zero-order chi connectivity index (χ0) is 72.1. The molecule has 23 nitrogen and oxygen atoms in total. The first-order valence-corrected chi connectivity index (χ1v) is 34.9. The molecule has 0 radical (unpaired) electrons. The predicted molar refractivity (Wildman–Crippen MR) is 378 cm³/mol. The number of carbonyl (C=O) groups is 10. The van der Waals surface area contributed by atoms with E-state index in [1.807, 2.05) is 128 Å². The first-order chi connectivity index (χ1) is 46.1. The Kier molecular flexibility index (Phi) is 35.1. The standard InChI is InChI=1S/C48H75N7O8.C26H40N4O4/c1-13-31(6)43(54(11)48(62)41(29(2)3)52-47(61)42(30(4)5)53(9)10)35(28-56)27-40(58)55-25-17-20-39(55)44(63-12)32(7)45(59)51-38(26-34-18-15-14-16-19-34)46(60)50-37-23-21-36(22-24-37)49-33(8)57;1-19-17-24(32)30(26(19)34)16-10-4-7-14-23(31)29-22(18-21-12-5-3-6-13-21)25(33)28-20(2)11-8-9-15-27/h14-16,18-19,21-24,29-32,35,38-39,41-44,56H,13,17,20,25-28H2,1-12H3,(H,49,57)(H,50,60)(H,51,59)(H,52,61);3,5-6,12-13,19-20,22H,4,7-11,14-18,27H2,1-2H3,(H,28,33)(H,29,31)/t31-,32+,35-,38-,39-,41-,42-,43-,44+;19?,20-,22+/m01/s1. The van der Waals surface area contributed by atoms with E-state index < -0.39 is 66.0 Å². The molecule has 1 unspecified atom stereocenters. The summed E-state index contributed by atoms with van der Waals surface area (Å²) in [6, 6.07) is 21.9. The zero-order valence-electron chi connectivity index (χ0n) is 60.2. The van der Waals surface area contributed by atoms with E-state index in [2.05, 4.69) is 31.9 Å². The third-order valence-corrected chi connectivity index (χ3v) is 18.6. The topological polar surface area (TPSA) is 311 Å². The fraction of sp³-hybridized carbons (Fsp3) is 0.622. The Morgan fingerprint density at radius 3 is 1.79 bits per heavy atom. The van der Waals surface area contributed by atoms with Crippen LogP contribution in [0.15, 0.2) is 84.9 Å². The fourth-order valence-corrected chi connectivity index (χ4v) is 13.2. The number of benzene rings is 3. The van der Waals surface area contributed by atoms with Crippen LogP contribution in [0, 0.1) is 35.5 Å². The van der Waals surface area contributed by atoms with Crippen molar-refractivity contribution >= 4 is 70.4 Å². The highest BCUT2D eigenvalue weighted by atomic mass is 16.5. The number of likely N-dealkylation sites (tertiary alicyclic amines) is 2. The zero-order valence-corrected chi connectivity index (χ0v) is 60.2. The van der Waals surface area contributed by atoms with Crippen molar-refractivity contribution in [1.29, 1.82) is 0 Å². The molecule has 97 heavy (non-hydrogen) atoms. The van der Waals surface area contributed by atoms with Gasteiger partial charge in [-0.2, -0.15) is 0 Å². The van der Waals surface area contributed by atoms with E-state index in [0.29, 0.717) is 76.0 Å². The normalized spacial score (nSPS) is 17.7. The van der Waals surface area contributed by atoms with Crippen LogP contribution in [0.25, 0.3) is 0 Å². The molecule has 10 amide bonds. The molecule has 5 rings (SSSR count). The second kappa shape index (κ2) is 41.6. The van der Waals surface area contributed by atoms with Gasteiger partial charge in [0, 0.05) is 108 Å². The van der Waals surface area contributed by atoms with Gasteiger partial charge in [0.05, 0.1) is 24.1 Å². The number of likely N-dealkylation sites (N-methyl/N-ethyl adjacent to an activating group) is 2. The highest BCUT2D eigenvalue weighted by molar-refractivity contribution is 6.03. The Balaban J connectivity index is 0.000000493. The maximum Gasteiger partial charge on any atom is 0.247 e. The molecule has 2 fully saturated rings. The average Bonchev–Trinajstić information content (AvgIpc) is 1.81. The van der Waals surface area contributed by atoms with Crippen LogP contribution in [0.3, 0.4) is 0 Å². The van der Waals surface area contributed by atoms with Crippen LogP contribution in [0.2, 0.25) is 0 Å². The highest BCUT2D eigenvalue weighted by Crippen LogP contribution is 2.32. The van der Waals surface area contributed by atoms with Gasteiger partial charge < -0.3 is 57.3 Å². The van der Waals surface area contributed by atoms with Gasteiger partial charge in [0.2, 0.25) is 59.1 Å². The van der Waals surface area contributed by atoms with Gasteiger partial charge in [-0.3, -0.25) is 57.7 Å². The van der Waals surface area contributed by atoms with Gasteiger partial charge in [-0.25, -0.2) is 0 Å². The molecular weight excluding hydrogens is 1230 g/mol. The number of aliphatic hydroxyl groups excluding tert-OH is 1. The summed E-state index contributed by atoms with van der Waals surface area (Å²) in [4.78, 5) is 137. The lowest BCUT2D eigenvalue weighted by Crippen LogP contribution is -2.59. The number of hydrogen-bond donors (Lipinski definition) is 8. The summed E-state index contributed by atoms with van der Waals surface area (Å²) >= 11 is 0. The van der Waals surface area contributed by atoms with Crippen LogP contribution in [0.4, 0.5) is 11.4 Å². The van der Waals surface area contributed by atoms with E-state index >= 15 is 0 Å². The molecule has 0 saturated carbocycles. The quantitative estimate of drug-likeness (QED) is 0.0215. The Hall–Kier alpha value is -7.60. The summed E-state index contributed by atoms with van der Waals surface area (Å²) in [5.74, 6) is -4.28. The van der Waals surface area contributed by atoms with Crippen LogP contribution >= 0.6 is 0 Å². The third-order valence-electron chi connectivity index (χ3n) is 18.6. The van der Waals surface area contributed by atoms with Gasteiger partial charge in [-0.1, -0.05) is 135 Å². The summed E-state index contributed by atoms with van der Waals surface area (Å²) in [5, 5.41) is 28.4. The van der Waals surface area contributed by atoms with Gasteiger partial charge in [0.1, 0.15) is 18.1 Å². The maximum atomic E-state index is 14.4. The predicted octanol–water partition coefficient (Wildman–Crippen LogP) is 6.85. The number of imide groups is 1. The first kappa shape index (κ1) is 81.8. The van der Waals surface area contributed by atoms with Gasteiger partial charge in [-0.15, -0.1) is 0 Å². The van der Waals surface area contributed by atoms with E-state index in [1.165, 1.54) is 18.9 Å². The molecule has 0 aliphatic carbocycles. The lowest BCUT2D eigenvalue weighted by Gasteiger charge is -2.41. The molecule has 0 bridgehead atoms. The number of amides is 10. The molecule has 23 heteroatoms. The summed E-state index contributed by atoms with van der Waals surface area (Å²) in [6.45, 7) is 19.7. The number of aliphatic hydroxyl groups is 1. The molecule has 12 atom stereocenters. The molecule has 0 spiro atoms. The molecule has 9 N–H and O–H groups in total. The number of methoxy groups -OCH3 is 1. The van der Waals surface area contributed by atoms with Crippen molar-refractivity contribution in [3.05, 3.63) is 96.1 Å². The minimum absolute atomic E-state index is 0.00736. The molecule has 0 aromatic heterocycles. The number of unbranched alkanes of at least 4 members (excludes halogenated alkanes) is 3. The number of hydrogen-bond acceptors (Lipinski definition) is 14. The SMILES string of the molecule is CC1CC(=O)N(CCCCCC(=O)N[C@@H](Cc2ccccc2)C(=O)N[C@H](C)CCCCN)C1=O.CC[C@H](C)[C@@H]([C@H](CO)CC(=O)N1CCC[C@H]1[C@H](OC)[C@@H](C)C(=O)N[C@@H](Cc1ccccc1)C(=O)Nc1ccc(NC(C)=O)cc1)N(C)C(=O)[C@@H](NC(=O)[C@H](C(C)C)N(C)C)C(C)C. The molecule has 538 valence electrons. The third kappa shape index (κ3) is 26.0. The molecular formula is C74H115N11O12. The van der Waals surface area contributed by atoms with E-state index in [1.54, 1.807) is 55.0 Å². The van der Waals surface area contributed by atoms with E-state index in [9.17, 15) is 53.1 Å². The number of carbonyl (C=O) groups excluding carboxylic acids is 10. The molecule has 2 saturated heterocycles. The Morgan fingerprint density at radius 2 is 1.29 bits per heavy atom. The monoisotopic (exact) mass is 1350 g/mol. The number of nitrogens with two attached hydrogens (primary N) is 1. The Bertz CT molecular complexity index is 2980. The molecule has 2 aliphatic heterocycles. The summed E-state index contributed by atoms with van der Waals surface area (Å²) in [6.07, 6.45) is 7.15. The fourth-order valence-electron chi connectivity index (χ4n) is 13.2. The summed E-state index contributed by atoms with van der Waals surface area (Å²) < 4.78 is 6.00. The van der Waals surface area contributed by atoms with Crippen LogP contribution in [0.1, 0.15) is 157 Å². The molecule has 3 aromatic rings. The highest BCUT2D eigenvalue weighted by Gasteiger charge is 2.44. The van der Waals surface area contributed by atoms with E-state index in [4.69, 9.17) is 10.5 Å². The average molecular weight is 1350 g/mol. The first-order valence-electron chi connectivity index (χ1n) is 34.9. The maximum absolute atomic E-state index is 14.4. The largest absolute Gasteiger partial charge is 0.396 e. The second-order valence-corrected chi connectivity index (χ2v) is 27.4. The van der Waals surface area contributed by atoms with Gasteiger partial charge in [-0.05, 0) is 119 Å². The number of nitrogens with zero attached hydrogens (tertiary/aromatic N) is 4. The van der Waals surface area contributed by atoms with Crippen LogP contribution in [-0.4, -0.2) is 187 Å². The van der Waals surface area contributed by atoms with Crippen molar-refractivity contribution in [2.75, 3.05) is 65.1 Å². The minimum Gasteiger partial charge on any atom is -0.396 e. The lowest BCUT2D eigenvalue weighted by atomic mass is 9.83. The minimum atomic E-state index is -0.952. The molecule has 2 heterocycles. The van der Waals surface area contributed by atoms with Crippen molar-refractivity contribution in [3.8, 4) is 0 Å². The second-order valence-electron chi connectivity index (χ2n) is 27.4. The van der Waals surface area contributed by atoms with E-state index in [0.717, 1.165) is 36.8 Å². The van der Waals surface area contributed by atoms with Crippen molar-refractivity contribution < 1.29 is 57.8 Å². The molecule has 2 aliphatic rings. The van der Waals surface area contributed by atoms with Crippen molar-refractivity contribution in [1.82, 2.24) is 40.9 Å². The number of anilines is 2. The molecule has 3 aromatic carbocycles. The van der Waals surface area contributed by atoms with Crippen LogP contribution < -0.4 is 37.6 Å². The summed E-state index contributed by atoms with van der Waals surface area (Å²) in [7, 11) is 6.87. The van der Waals surface area contributed by atoms with Crippen molar-refractivity contribution in [2.45, 2.75) is 208 Å². The van der Waals surface area contributed by atoms with Crippen molar-refractivity contribution in [2.24, 2.45) is 41.2 Å². The summed E-state index contributed by atoms with van der Waals surface area (Å²) in [5.41, 5.74) is 8.44. The number of nitrogens with one attached hydrogen (secondary N) is 6. The van der Waals surface area contributed by atoms with Gasteiger partial charge >= 0.3 is 0 Å².